The van der Waals surface area contributed by atoms with Crippen molar-refractivity contribution in [2.24, 2.45) is 22.4 Å². The minimum Gasteiger partial charge on any atom is -0.480 e. The van der Waals surface area contributed by atoms with E-state index in [4.69, 9.17) is 15.9 Å². The predicted molar refractivity (Wildman–Crippen MR) is 145 cm³/mol. The number of rotatable bonds is 12. The first-order valence-electron chi connectivity index (χ1n) is 12.6. The maximum atomic E-state index is 13.0. The zero-order chi connectivity index (χ0) is 28.2. The zero-order valence-corrected chi connectivity index (χ0v) is 22.2. The number of nitrogens with one attached hydrogen (secondary N) is 3. The number of hydrogen-bond acceptors (Lipinski definition) is 6. The Labute approximate surface area is 221 Å². The number of nitrogens with two attached hydrogens (primary N) is 2. The van der Waals surface area contributed by atoms with Crippen molar-refractivity contribution >= 4 is 34.6 Å². The molecule has 2 aromatic heterocycles. The van der Waals surface area contributed by atoms with Crippen molar-refractivity contribution in [2.75, 3.05) is 6.54 Å². The Balaban J connectivity index is 0.00000247. The first-order chi connectivity index (χ1) is 18.2. The number of aromatic nitrogens is 2. The van der Waals surface area contributed by atoms with Crippen molar-refractivity contribution in [1.29, 1.82) is 0 Å². The molecule has 206 valence electrons. The van der Waals surface area contributed by atoms with Crippen molar-refractivity contribution in [1.82, 2.24) is 20.6 Å². The third kappa shape index (κ3) is 8.36. The van der Waals surface area contributed by atoms with Gasteiger partial charge in [0.15, 0.2) is 11.7 Å². The fourth-order valence-corrected chi connectivity index (χ4v) is 3.73. The van der Waals surface area contributed by atoms with Crippen LogP contribution >= 0.6 is 0 Å². The number of benzene rings is 1. The van der Waals surface area contributed by atoms with Crippen LogP contribution in [0.4, 0.5) is 0 Å². The van der Waals surface area contributed by atoms with Gasteiger partial charge in [0, 0.05) is 23.6 Å². The van der Waals surface area contributed by atoms with E-state index in [-0.39, 0.29) is 42.3 Å². The molecule has 1 unspecified atom stereocenters. The Morgan fingerprint density at radius 2 is 1.84 bits per heavy atom. The molecule has 0 fully saturated rings. The number of nitrogens with zero attached hydrogens (tertiary/aromatic N) is 2. The summed E-state index contributed by atoms with van der Waals surface area (Å²) < 4.78 is 5.53. The lowest BCUT2D eigenvalue weighted by Gasteiger charge is -2.17. The lowest BCUT2D eigenvalue weighted by atomic mass is 10.0. The standard InChI is InChI=1S/C24H31N7O5.C2H6/c1-13(2)10-18(30-20(32)15-11-28-16-7-4-3-6-14(15)16)22-31-19(12-36-22)21(33)29-17(23(34)35)8-5-9-27-24(25)26;1-2/h3-4,6-7,11-13,17-18,28H,5,8-10H2,1-2H3,(H,29,33)(H,30,32)(H,34,35)(H4,25,26,27);1-2H3/t17-,18?;/m0./s1. The Kier molecular flexibility index (Phi) is 11.3. The molecule has 0 saturated carbocycles. The first-order valence-corrected chi connectivity index (χ1v) is 12.6. The van der Waals surface area contributed by atoms with Crippen LogP contribution in [0.2, 0.25) is 0 Å². The van der Waals surface area contributed by atoms with Crippen molar-refractivity contribution in [3.63, 3.8) is 0 Å². The summed E-state index contributed by atoms with van der Waals surface area (Å²) in [6, 6.07) is 5.70. The number of aliphatic carboxylic acids is 1. The van der Waals surface area contributed by atoms with E-state index < -0.39 is 24.0 Å². The van der Waals surface area contributed by atoms with Crippen LogP contribution in [0.5, 0.6) is 0 Å². The second-order valence-electron chi connectivity index (χ2n) is 8.79. The number of H-pyrrole nitrogens is 1. The van der Waals surface area contributed by atoms with Gasteiger partial charge >= 0.3 is 5.97 Å². The van der Waals surface area contributed by atoms with Gasteiger partial charge in [0.2, 0.25) is 5.89 Å². The largest absolute Gasteiger partial charge is 0.480 e. The summed E-state index contributed by atoms with van der Waals surface area (Å²) >= 11 is 0. The minimum atomic E-state index is -1.19. The molecule has 12 heteroatoms. The Bertz CT molecular complexity index is 1240. The van der Waals surface area contributed by atoms with Gasteiger partial charge in [-0.15, -0.1) is 0 Å². The van der Waals surface area contributed by atoms with Gasteiger partial charge in [0.05, 0.1) is 5.56 Å². The van der Waals surface area contributed by atoms with Crippen molar-refractivity contribution in [3.8, 4) is 0 Å². The molecule has 38 heavy (non-hydrogen) atoms. The number of hydrogen-bond donors (Lipinski definition) is 6. The van der Waals surface area contributed by atoms with E-state index in [1.165, 1.54) is 0 Å². The lowest BCUT2D eigenvalue weighted by Crippen LogP contribution is -2.41. The molecule has 12 nitrogen and oxygen atoms in total. The number of carboxylic acids is 1. The number of fused-ring (bicyclic) bond motifs is 1. The summed E-state index contributed by atoms with van der Waals surface area (Å²) in [4.78, 5) is 48.4. The molecule has 0 aliphatic rings. The van der Waals surface area contributed by atoms with E-state index in [1.807, 2.05) is 52.0 Å². The van der Waals surface area contributed by atoms with Crippen LogP contribution in [0.1, 0.15) is 79.7 Å². The highest BCUT2D eigenvalue weighted by Gasteiger charge is 2.26. The molecule has 2 amide bonds. The molecule has 0 spiro atoms. The fourth-order valence-electron chi connectivity index (χ4n) is 3.73. The second kappa shape index (κ2) is 14.4. The van der Waals surface area contributed by atoms with Gasteiger partial charge in [0.25, 0.3) is 11.8 Å². The van der Waals surface area contributed by atoms with Gasteiger partial charge in [0.1, 0.15) is 18.3 Å². The fraction of sp³-hybridized carbons (Fsp3) is 0.423. The first kappa shape index (κ1) is 29.9. The van der Waals surface area contributed by atoms with E-state index in [0.717, 1.165) is 17.2 Å². The number of aliphatic imine (C=N–C) groups is 1. The van der Waals surface area contributed by atoms with Gasteiger partial charge < -0.3 is 36.6 Å². The van der Waals surface area contributed by atoms with E-state index in [1.54, 1.807) is 6.20 Å². The van der Waals surface area contributed by atoms with Crippen LogP contribution in [0.25, 0.3) is 10.9 Å². The molecule has 3 aromatic rings. The van der Waals surface area contributed by atoms with E-state index in [0.29, 0.717) is 18.4 Å². The third-order valence-electron chi connectivity index (χ3n) is 5.45. The van der Waals surface area contributed by atoms with Crippen LogP contribution in [0.3, 0.4) is 0 Å². The summed E-state index contributed by atoms with van der Waals surface area (Å²) in [7, 11) is 0. The lowest BCUT2D eigenvalue weighted by molar-refractivity contribution is -0.139. The van der Waals surface area contributed by atoms with Gasteiger partial charge in [-0.3, -0.25) is 14.6 Å². The van der Waals surface area contributed by atoms with Gasteiger partial charge in [-0.1, -0.05) is 45.9 Å². The Morgan fingerprint density at radius 3 is 2.50 bits per heavy atom. The Hall–Kier alpha value is -4.35. The molecular formula is C26H37N7O5. The number of para-hydroxylation sites is 1. The van der Waals surface area contributed by atoms with Crippen LogP contribution in [-0.4, -0.2) is 51.4 Å². The topological polar surface area (TPSA) is 202 Å². The van der Waals surface area contributed by atoms with Crippen molar-refractivity contribution < 1.29 is 23.9 Å². The van der Waals surface area contributed by atoms with Gasteiger partial charge in [-0.2, -0.15) is 0 Å². The van der Waals surface area contributed by atoms with Gasteiger partial charge in [-0.05, 0) is 31.2 Å². The van der Waals surface area contributed by atoms with Crippen LogP contribution < -0.4 is 22.1 Å². The van der Waals surface area contributed by atoms with Gasteiger partial charge in [-0.25, -0.2) is 9.78 Å². The molecule has 0 radical (unpaired) electrons. The molecule has 0 aliphatic heterocycles. The quantitative estimate of drug-likeness (QED) is 0.117. The number of carbonyl (C=O) groups is 3. The number of guanidine groups is 1. The smallest absolute Gasteiger partial charge is 0.326 e. The molecule has 1 aromatic carbocycles. The normalized spacial score (nSPS) is 12.2. The molecule has 3 rings (SSSR count). The molecule has 2 heterocycles. The number of carbonyl (C=O) groups excluding carboxylic acids is 2. The summed E-state index contributed by atoms with van der Waals surface area (Å²) in [5.74, 6) is -1.96. The predicted octanol–water partition coefficient (Wildman–Crippen LogP) is 2.94. The number of aromatic amines is 1. The highest BCUT2D eigenvalue weighted by molar-refractivity contribution is 6.06. The SMILES string of the molecule is CC.CC(C)CC(NC(=O)c1c[nH]c2ccccc12)c1nc(C(=O)N[C@@H](CCCN=C(N)N)C(=O)O)co1. The monoisotopic (exact) mass is 527 g/mol. The average Bonchev–Trinajstić information content (AvgIpc) is 3.54. The molecule has 0 bridgehead atoms. The maximum Gasteiger partial charge on any atom is 0.326 e. The van der Waals surface area contributed by atoms with Crippen LogP contribution in [-0.2, 0) is 4.79 Å². The molecule has 2 atom stereocenters. The van der Waals surface area contributed by atoms with Crippen molar-refractivity contribution in [3.05, 3.63) is 53.9 Å². The Morgan fingerprint density at radius 1 is 1.13 bits per heavy atom. The summed E-state index contributed by atoms with van der Waals surface area (Å²) in [6.45, 7) is 8.21. The van der Waals surface area contributed by atoms with Crippen molar-refractivity contribution in [2.45, 2.75) is 59.0 Å². The molecule has 0 saturated heterocycles. The molecule has 8 N–H and O–H groups in total. The van der Waals surface area contributed by atoms with E-state index >= 15 is 0 Å². The molecule has 0 aliphatic carbocycles. The highest BCUT2D eigenvalue weighted by atomic mass is 16.4. The highest BCUT2D eigenvalue weighted by Crippen LogP contribution is 2.24. The second-order valence-corrected chi connectivity index (χ2v) is 8.79. The van der Waals surface area contributed by atoms with Crippen LogP contribution in [0, 0.1) is 5.92 Å². The average molecular weight is 528 g/mol. The minimum absolute atomic E-state index is 0.0874. The van der Waals surface area contributed by atoms with Crippen LogP contribution in [0.15, 0.2) is 46.1 Å². The summed E-state index contributed by atoms with van der Waals surface area (Å²) in [6.07, 6.45) is 3.78. The number of amides is 2. The number of carboxylic acid groups (broad SMARTS) is 1. The third-order valence-corrected chi connectivity index (χ3v) is 5.45. The maximum absolute atomic E-state index is 13.0. The summed E-state index contributed by atoms with van der Waals surface area (Å²) in [5, 5.41) is 15.6. The van der Waals surface area contributed by atoms with E-state index in [9.17, 15) is 19.5 Å². The molecular weight excluding hydrogens is 490 g/mol. The van der Waals surface area contributed by atoms with E-state index in [2.05, 4.69) is 25.6 Å². The zero-order valence-electron chi connectivity index (χ0n) is 22.2. The number of oxazole rings is 1. The summed E-state index contributed by atoms with van der Waals surface area (Å²) in [5.41, 5.74) is 11.8.